The molecule has 1 aromatic carbocycles. The first-order valence-electron chi connectivity index (χ1n) is 6.23. The molecule has 0 radical (unpaired) electrons. The van der Waals surface area contributed by atoms with Crippen LogP contribution in [0.15, 0.2) is 59.8 Å². The third-order valence-electron chi connectivity index (χ3n) is 3.40. The van der Waals surface area contributed by atoms with Crippen molar-refractivity contribution in [2.24, 2.45) is 0 Å². The van der Waals surface area contributed by atoms with Gasteiger partial charge in [-0.25, -0.2) is 14.3 Å². The fraction of sp³-hybridized carbons (Fsp3) is 0. The van der Waals surface area contributed by atoms with Gasteiger partial charge >= 0.3 is 5.69 Å². The highest BCUT2D eigenvalue weighted by Crippen LogP contribution is 2.25. The second kappa shape index (κ2) is 4.03. The molecule has 0 bridgehead atoms. The van der Waals surface area contributed by atoms with Crippen molar-refractivity contribution >= 4 is 16.4 Å². The number of nitrogens with one attached hydrogen (secondary N) is 1. The molecule has 96 valence electrons. The summed E-state index contributed by atoms with van der Waals surface area (Å²) in [5.41, 5.74) is 2.50. The zero-order valence-electron chi connectivity index (χ0n) is 10.4. The van der Waals surface area contributed by atoms with Gasteiger partial charge in [0.15, 0.2) is 5.65 Å². The van der Waals surface area contributed by atoms with Crippen LogP contribution in [-0.4, -0.2) is 19.6 Å². The van der Waals surface area contributed by atoms with E-state index in [-0.39, 0.29) is 5.69 Å². The Balaban J connectivity index is 2.07. The fourth-order valence-electron chi connectivity index (χ4n) is 2.40. The van der Waals surface area contributed by atoms with Crippen LogP contribution in [0, 0.1) is 0 Å². The van der Waals surface area contributed by atoms with E-state index in [1.54, 1.807) is 12.4 Å². The second-order valence-corrected chi connectivity index (χ2v) is 4.58. The maximum atomic E-state index is 11.6. The lowest BCUT2D eigenvalue weighted by molar-refractivity contribution is 1.02. The highest BCUT2D eigenvalue weighted by atomic mass is 16.1. The minimum Gasteiger partial charge on any atom is -0.264 e. The van der Waals surface area contributed by atoms with Crippen molar-refractivity contribution < 1.29 is 0 Å². The van der Waals surface area contributed by atoms with Crippen molar-refractivity contribution in [3.05, 3.63) is 65.5 Å². The van der Waals surface area contributed by atoms with E-state index in [4.69, 9.17) is 0 Å². The van der Waals surface area contributed by atoms with Crippen molar-refractivity contribution in [2.75, 3.05) is 0 Å². The van der Waals surface area contributed by atoms with Crippen molar-refractivity contribution in [3.8, 4) is 11.1 Å². The number of aromatic amines is 1. The highest BCUT2D eigenvalue weighted by molar-refractivity contribution is 5.96. The van der Waals surface area contributed by atoms with Gasteiger partial charge in [-0.05, 0) is 29.1 Å². The Labute approximate surface area is 113 Å². The number of nitrogens with zero attached hydrogens (tertiary/aromatic N) is 3. The van der Waals surface area contributed by atoms with Crippen molar-refractivity contribution in [2.45, 2.75) is 0 Å². The highest BCUT2D eigenvalue weighted by Gasteiger charge is 2.06. The summed E-state index contributed by atoms with van der Waals surface area (Å²) in [5.74, 6) is 0. The smallest absolute Gasteiger partial charge is 0.264 e. The van der Waals surface area contributed by atoms with Crippen molar-refractivity contribution in [1.82, 2.24) is 19.6 Å². The zero-order valence-corrected chi connectivity index (χ0v) is 10.4. The van der Waals surface area contributed by atoms with Crippen LogP contribution in [0.5, 0.6) is 0 Å². The Bertz CT molecular complexity index is 969. The molecular weight excluding hydrogens is 252 g/mol. The first-order valence-corrected chi connectivity index (χ1v) is 6.23. The molecule has 5 nitrogen and oxygen atoms in total. The molecular formula is C15H10N4O. The number of pyridine rings is 2. The van der Waals surface area contributed by atoms with Gasteiger partial charge in [-0.15, -0.1) is 0 Å². The Hall–Kier alpha value is -2.95. The SMILES string of the molecule is O=c1[nH]nc2c3cc(-c4cccnc4)ccc3ccn12. The lowest BCUT2D eigenvalue weighted by Gasteiger charge is -2.04. The van der Waals surface area contributed by atoms with Gasteiger partial charge in [0.2, 0.25) is 0 Å². The zero-order chi connectivity index (χ0) is 13.5. The number of rotatable bonds is 1. The van der Waals surface area contributed by atoms with Crippen molar-refractivity contribution in [3.63, 3.8) is 0 Å². The summed E-state index contributed by atoms with van der Waals surface area (Å²) >= 11 is 0. The molecule has 5 heteroatoms. The molecule has 0 aliphatic carbocycles. The summed E-state index contributed by atoms with van der Waals surface area (Å²) in [4.78, 5) is 15.7. The van der Waals surface area contributed by atoms with E-state index in [0.29, 0.717) is 5.65 Å². The third kappa shape index (κ3) is 1.53. The van der Waals surface area contributed by atoms with Crippen LogP contribution in [0.4, 0.5) is 0 Å². The molecule has 0 fully saturated rings. The largest absolute Gasteiger partial charge is 0.347 e. The van der Waals surface area contributed by atoms with Gasteiger partial charge in [0.05, 0.1) is 0 Å². The molecule has 0 aliphatic rings. The number of fused-ring (bicyclic) bond motifs is 3. The molecule has 0 unspecified atom stereocenters. The van der Waals surface area contributed by atoms with Crippen LogP contribution in [0.1, 0.15) is 0 Å². The molecule has 1 N–H and O–H groups in total. The fourth-order valence-corrected chi connectivity index (χ4v) is 2.40. The summed E-state index contributed by atoms with van der Waals surface area (Å²) in [6.45, 7) is 0. The summed E-state index contributed by atoms with van der Waals surface area (Å²) in [7, 11) is 0. The summed E-state index contributed by atoms with van der Waals surface area (Å²) < 4.78 is 1.51. The molecule has 0 atom stereocenters. The third-order valence-corrected chi connectivity index (χ3v) is 3.40. The van der Waals surface area contributed by atoms with E-state index >= 15 is 0 Å². The summed E-state index contributed by atoms with van der Waals surface area (Å²) in [6.07, 6.45) is 5.29. The molecule has 20 heavy (non-hydrogen) atoms. The van der Waals surface area contributed by atoms with Gasteiger partial charge in [-0.2, -0.15) is 5.10 Å². The van der Waals surface area contributed by atoms with E-state index in [2.05, 4.69) is 15.2 Å². The Kier molecular flexibility index (Phi) is 2.20. The van der Waals surface area contributed by atoms with Crippen LogP contribution in [0.25, 0.3) is 27.5 Å². The Morgan fingerprint density at radius 2 is 2.05 bits per heavy atom. The first kappa shape index (κ1) is 10.9. The predicted molar refractivity (Wildman–Crippen MR) is 76.5 cm³/mol. The van der Waals surface area contributed by atoms with Gasteiger partial charge < -0.3 is 0 Å². The Morgan fingerprint density at radius 3 is 2.90 bits per heavy atom. The van der Waals surface area contributed by atoms with Crippen molar-refractivity contribution in [1.29, 1.82) is 0 Å². The lowest BCUT2D eigenvalue weighted by Crippen LogP contribution is -2.08. The summed E-state index contributed by atoms with van der Waals surface area (Å²) in [5, 5.41) is 8.55. The van der Waals surface area contributed by atoms with Crippen LogP contribution in [-0.2, 0) is 0 Å². The molecule has 0 saturated carbocycles. The van der Waals surface area contributed by atoms with E-state index < -0.39 is 0 Å². The molecule has 0 saturated heterocycles. The maximum absolute atomic E-state index is 11.6. The first-order chi connectivity index (χ1) is 9.83. The normalized spacial score (nSPS) is 11.2. The minimum absolute atomic E-state index is 0.228. The van der Waals surface area contributed by atoms with Gasteiger partial charge in [0.25, 0.3) is 0 Å². The van der Waals surface area contributed by atoms with E-state index in [1.807, 2.05) is 42.6 Å². The maximum Gasteiger partial charge on any atom is 0.347 e. The number of aromatic nitrogens is 4. The number of benzene rings is 1. The Morgan fingerprint density at radius 1 is 1.10 bits per heavy atom. The van der Waals surface area contributed by atoms with E-state index in [9.17, 15) is 4.79 Å². The van der Waals surface area contributed by atoms with Crippen LogP contribution < -0.4 is 5.69 Å². The molecule has 3 aromatic heterocycles. The molecule has 4 rings (SSSR count). The average molecular weight is 262 g/mol. The number of H-pyrrole nitrogens is 1. The van der Waals surface area contributed by atoms with Crippen LogP contribution in [0.3, 0.4) is 0 Å². The van der Waals surface area contributed by atoms with Gasteiger partial charge in [-0.3, -0.25) is 4.98 Å². The minimum atomic E-state index is -0.228. The monoisotopic (exact) mass is 262 g/mol. The molecule has 3 heterocycles. The second-order valence-electron chi connectivity index (χ2n) is 4.58. The molecule has 0 amide bonds. The summed E-state index contributed by atoms with van der Waals surface area (Å²) in [6, 6.07) is 11.9. The average Bonchev–Trinajstić information content (AvgIpc) is 2.89. The topological polar surface area (TPSA) is 63.0 Å². The number of hydrogen-bond acceptors (Lipinski definition) is 3. The van der Waals surface area contributed by atoms with Crippen LogP contribution >= 0.6 is 0 Å². The lowest BCUT2D eigenvalue weighted by atomic mass is 10.0. The van der Waals surface area contributed by atoms with Gasteiger partial charge in [0, 0.05) is 29.5 Å². The van der Waals surface area contributed by atoms with Gasteiger partial charge in [-0.1, -0.05) is 18.2 Å². The van der Waals surface area contributed by atoms with E-state index in [1.165, 1.54) is 4.40 Å². The van der Waals surface area contributed by atoms with Crippen LogP contribution in [0.2, 0.25) is 0 Å². The standard InChI is InChI=1S/C15H10N4O/c20-15-18-17-14-13-8-11(12-2-1-6-16-9-12)4-3-10(13)5-7-19(14)15/h1-9H,(H,18,20). The van der Waals surface area contributed by atoms with Gasteiger partial charge in [0.1, 0.15) is 0 Å². The predicted octanol–water partition coefficient (Wildman–Crippen LogP) is 2.24. The molecule has 4 aromatic rings. The van der Waals surface area contributed by atoms with E-state index in [0.717, 1.165) is 21.9 Å². The molecule has 0 spiro atoms. The number of hydrogen-bond donors (Lipinski definition) is 1. The molecule has 0 aliphatic heterocycles. The quantitative estimate of drug-likeness (QED) is 0.572.